The molecule has 0 heterocycles. The lowest BCUT2D eigenvalue weighted by Gasteiger charge is -2.32. The van der Waals surface area contributed by atoms with Gasteiger partial charge in [-0.1, -0.05) is 32.4 Å². The van der Waals surface area contributed by atoms with Gasteiger partial charge in [0.25, 0.3) is 0 Å². The van der Waals surface area contributed by atoms with E-state index in [9.17, 15) is 5.11 Å². The first kappa shape index (κ1) is 20.1. The smallest absolute Gasteiger partial charge is 0.128 e. The average Bonchev–Trinajstić information content (AvgIpc) is 2.68. The maximum absolute atomic E-state index is 10.9. The molecule has 0 radical (unpaired) electrons. The van der Waals surface area contributed by atoms with E-state index in [-0.39, 0.29) is 5.92 Å². The molecule has 2 atom stereocenters. The second kappa shape index (κ2) is 9.48. The van der Waals surface area contributed by atoms with Crippen molar-refractivity contribution in [2.24, 2.45) is 0 Å². The van der Waals surface area contributed by atoms with Crippen molar-refractivity contribution in [3.63, 3.8) is 0 Å². The predicted molar refractivity (Wildman–Crippen MR) is 105 cm³/mol. The van der Waals surface area contributed by atoms with Crippen molar-refractivity contribution in [1.82, 2.24) is 0 Å². The van der Waals surface area contributed by atoms with Crippen molar-refractivity contribution >= 4 is 0 Å². The topological polar surface area (TPSA) is 47.9 Å². The minimum atomic E-state index is -0.590. The van der Waals surface area contributed by atoms with Gasteiger partial charge < -0.3 is 19.3 Å². The van der Waals surface area contributed by atoms with Crippen molar-refractivity contribution in [3.8, 4) is 17.2 Å². The monoisotopic (exact) mass is 358 g/mol. The Balaban J connectivity index is 0.000000758. The van der Waals surface area contributed by atoms with Crippen LogP contribution in [-0.4, -0.2) is 26.4 Å². The third kappa shape index (κ3) is 4.31. The second-order valence-electron chi connectivity index (χ2n) is 6.47. The van der Waals surface area contributed by atoms with Gasteiger partial charge in [0.05, 0.1) is 27.4 Å². The van der Waals surface area contributed by atoms with Crippen LogP contribution in [0.3, 0.4) is 0 Å². The van der Waals surface area contributed by atoms with Gasteiger partial charge >= 0.3 is 0 Å². The highest BCUT2D eigenvalue weighted by Crippen LogP contribution is 2.46. The second-order valence-corrected chi connectivity index (χ2v) is 6.47. The van der Waals surface area contributed by atoms with Crippen LogP contribution in [0.15, 0.2) is 36.4 Å². The summed E-state index contributed by atoms with van der Waals surface area (Å²) in [7, 11) is 4.91. The van der Waals surface area contributed by atoms with Crippen LogP contribution in [0.25, 0.3) is 0 Å². The van der Waals surface area contributed by atoms with Crippen molar-refractivity contribution < 1.29 is 19.3 Å². The fraction of sp³-hybridized carbons (Fsp3) is 0.455. The van der Waals surface area contributed by atoms with E-state index in [2.05, 4.69) is 13.8 Å². The van der Waals surface area contributed by atoms with Crippen molar-refractivity contribution in [2.45, 2.75) is 45.1 Å². The normalized spacial score (nSPS) is 18.2. The summed E-state index contributed by atoms with van der Waals surface area (Å²) in [6.45, 7) is 4.25. The SMILES string of the molecule is CCC.COc1ccc(C2CCc3cc(OC)cc(OC)c3C2O)cc1. The number of aryl methyl sites for hydroxylation is 1. The molecule has 4 nitrogen and oxygen atoms in total. The third-order valence-corrected chi connectivity index (χ3v) is 4.60. The van der Waals surface area contributed by atoms with Crippen LogP contribution in [0, 0.1) is 0 Å². The molecule has 2 aromatic carbocycles. The number of aliphatic hydroxyl groups excluding tert-OH is 1. The molecule has 26 heavy (non-hydrogen) atoms. The maximum Gasteiger partial charge on any atom is 0.128 e. The van der Waals surface area contributed by atoms with Crippen molar-refractivity contribution in [1.29, 1.82) is 0 Å². The molecule has 1 aliphatic carbocycles. The zero-order chi connectivity index (χ0) is 19.1. The lowest BCUT2D eigenvalue weighted by Crippen LogP contribution is -2.20. The summed E-state index contributed by atoms with van der Waals surface area (Å²) in [4.78, 5) is 0. The first-order chi connectivity index (χ1) is 12.6. The number of hydrogen-bond donors (Lipinski definition) is 1. The standard InChI is InChI=1S/C19H22O4.C3H8/c1-21-14-7-4-12(5-8-14)16-9-6-13-10-15(22-2)11-17(23-3)18(13)19(16)20;1-3-2/h4-5,7-8,10-11,16,19-20H,6,9H2,1-3H3;3H2,1-2H3. The minimum absolute atomic E-state index is 0.0516. The predicted octanol–water partition coefficient (Wildman–Crippen LogP) is 4.89. The summed E-state index contributed by atoms with van der Waals surface area (Å²) in [5, 5.41) is 10.9. The average molecular weight is 358 g/mol. The van der Waals surface area contributed by atoms with Gasteiger partial charge in [0.15, 0.2) is 0 Å². The molecular weight excluding hydrogens is 328 g/mol. The molecule has 0 bridgehead atoms. The van der Waals surface area contributed by atoms with E-state index >= 15 is 0 Å². The largest absolute Gasteiger partial charge is 0.497 e. The van der Waals surface area contributed by atoms with Crippen molar-refractivity contribution in [2.75, 3.05) is 21.3 Å². The molecule has 142 valence electrons. The van der Waals surface area contributed by atoms with Gasteiger partial charge in [-0.2, -0.15) is 0 Å². The summed E-state index contributed by atoms with van der Waals surface area (Å²) in [6, 6.07) is 11.7. The molecule has 0 saturated carbocycles. The fourth-order valence-corrected chi connectivity index (χ4v) is 3.36. The fourth-order valence-electron chi connectivity index (χ4n) is 3.36. The molecule has 0 saturated heterocycles. The summed E-state index contributed by atoms with van der Waals surface area (Å²) in [5.41, 5.74) is 3.08. The molecule has 4 heteroatoms. The van der Waals surface area contributed by atoms with Crippen LogP contribution in [0.1, 0.15) is 55.4 Å². The first-order valence-corrected chi connectivity index (χ1v) is 9.16. The Kier molecular flexibility index (Phi) is 7.34. The molecule has 2 unspecified atom stereocenters. The van der Waals surface area contributed by atoms with E-state index in [0.29, 0.717) is 5.75 Å². The van der Waals surface area contributed by atoms with Gasteiger partial charge in [-0.15, -0.1) is 0 Å². The van der Waals surface area contributed by atoms with Crippen LogP contribution in [0.5, 0.6) is 17.2 Å². The number of methoxy groups -OCH3 is 3. The molecule has 2 aromatic rings. The third-order valence-electron chi connectivity index (χ3n) is 4.60. The Hall–Kier alpha value is -2.20. The minimum Gasteiger partial charge on any atom is -0.497 e. The van der Waals surface area contributed by atoms with Gasteiger partial charge in [0, 0.05) is 17.5 Å². The molecule has 0 aliphatic heterocycles. The summed E-state index contributed by atoms with van der Waals surface area (Å²) in [6.07, 6.45) is 2.43. The number of ether oxygens (including phenoxy) is 3. The maximum atomic E-state index is 10.9. The number of fused-ring (bicyclic) bond motifs is 1. The molecule has 0 aromatic heterocycles. The Labute approximate surface area is 156 Å². The molecule has 0 spiro atoms. The van der Waals surface area contributed by atoms with E-state index in [1.54, 1.807) is 21.3 Å². The highest BCUT2D eigenvalue weighted by atomic mass is 16.5. The molecule has 3 rings (SSSR count). The number of hydrogen-bond acceptors (Lipinski definition) is 4. The van der Waals surface area contributed by atoms with E-state index < -0.39 is 6.10 Å². The van der Waals surface area contributed by atoms with E-state index in [1.165, 1.54) is 6.42 Å². The number of rotatable bonds is 4. The van der Waals surface area contributed by atoms with Gasteiger partial charge in [-0.05, 0) is 42.2 Å². The summed E-state index contributed by atoms with van der Waals surface area (Å²) >= 11 is 0. The van der Waals surface area contributed by atoms with Gasteiger partial charge in [-0.25, -0.2) is 0 Å². The quantitative estimate of drug-likeness (QED) is 0.845. The summed E-state index contributed by atoms with van der Waals surface area (Å²) in [5.74, 6) is 2.32. The van der Waals surface area contributed by atoms with E-state index in [1.807, 2.05) is 36.4 Å². The van der Waals surface area contributed by atoms with Crippen LogP contribution in [0.2, 0.25) is 0 Å². The lowest BCUT2D eigenvalue weighted by atomic mass is 9.77. The molecular formula is C22H30O4. The Morgan fingerprint density at radius 3 is 2.08 bits per heavy atom. The Bertz CT molecular complexity index is 677. The van der Waals surface area contributed by atoms with E-state index in [4.69, 9.17) is 14.2 Å². The Morgan fingerprint density at radius 1 is 0.923 bits per heavy atom. The zero-order valence-electron chi connectivity index (χ0n) is 16.4. The van der Waals surface area contributed by atoms with Crippen molar-refractivity contribution in [3.05, 3.63) is 53.1 Å². The van der Waals surface area contributed by atoms with Gasteiger partial charge in [0.1, 0.15) is 17.2 Å². The number of aliphatic hydroxyl groups is 1. The zero-order valence-corrected chi connectivity index (χ0v) is 16.4. The molecule has 1 aliphatic rings. The van der Waals surface area contributed by atoms with Crippen LogP contribution in [0.4, 0.5) is 0 Å². The van der Waals surface area contributed by atoms with Crippen LogP contribution >= 0.6 is 0 Å². The van der Waals surface area contributed by atoms with Gasteiger partial charge in [0.2, 0.25) is 0 Å². The van der Waals surface area contributed by atoms with Crippen LogP contribution in [-0.2, 0) is 6.42 Å². The first-order valence-electron chi connectivity index (χ1n) is 9.16. The van der Waals surface area contributed by atoms with Gasteiger partial charge in [-0.3, -0.25) is 0 Å². The highest BCUT2D eigenvalue weighted by Gasteiger charge is 2.32. The highest BCUT2D eigenvalue weighted by molar-refractivity contribution is 5.50. The Morgan fingerprint density at radius 2 is 1.54 bits per heavy atom. The molecule has 0 fully saturated rings. The number of benzene rings is 2. The molecule has 0 amide bonds. The van der Waals surface area contributed by atoms with E-state index in [0.717, 1.165) is 41.0 Å². The van der Waals surface area contributed by atoms with Crippen LogP contribution < -0.4 is 14.2 Å². The lowest BCUT2D eigenvalue weighted by molar-refractivity contribution is 0.128. The molecule has 1 N–H and O–H groups in total. The summed E-state index contributed by atoms with van der Waals surface area (Å²) < 4.78 is 16.0.